The van der Waals surface area contributed by atoms with E-state index in [1.807, 2.05) is 0 Å². The van der Waals surface area contributed by atoms with E-state index in [0.717, 1.165) is 12.3 Å². The first kappa shape index (κ1) is 10.6. The Morgan fingerprint density at radius 1 is 1.25 bits per heavy atom. The number of halogens is 1. The lowest BCUT2D eigenvalue weighted by atomic mass is 10.3. The molecule has 1 aromatic carbocycles. The fourth-order valence-corrected chi connectivity index (χ4v) is 2.63. The number of nitrogens with one attached hydrogen (secondary N) is 1. The molecule has 0 amide bonds. The summed E-state index contributed by atoms with van der Waals surface area (Å²) >= 11 is 0. The maximum Gasteiger partial charge on any atom is 0.214 e. The van der Waals surface area contributed by atoms with Crippen LogP contribution in [0.3, 0.4) is 0 Å². The molecule has 0 aliphatic rings. The summed E-state index contributed by atoms with van der Waals surface area (Å²) < 4.78 is 37.3. The molecule has 16 heavy (non-hydrogen) atoms. The molecule has 0 bridgehead atoms. The van der Waals surface area contributed by atoms with Crippen molar-refractivity contribution in [3.05, 3.63) is 36.3 Å². The van der Waals surface area contributed by atoms with Crippen molar-refractivity contribution < 1.29 is 12.8 Å². The van der Waals surface area contributed by atoms with Crippen LogP contribution in [0.25, 0.3) is 0 Å². The number of nitrogens with zero attached hydrogens (tertiary/aromatic N) is 1. The summed E-state index contributed by atoms with van der Waals surface area (Å²) in [6.07, 6.45) is 1.05. The van der Waals surface area contributed by atoms with Crippen molar-refractivity contribution >= 4 is 15.7 Å². The highest BCUT2D eigenvalue weighted by Crippen LogP contribution is 2.25. The molecule has 0 saturated heterocycles. The van der Waals surface area contributed by atoms with Crippen molar-refractivity contribution in [3.63, 3.8) is 0 Å². The lowest BCUT2D eigenvalue weighted by molar-refractivity contribution is 0.567. The molecule has 2 rings (SSSR count). The fourth-order valence-electron chi connectivity index (χ4n) is 1.28. The van der Waals surface area contributed by atoms with Gasteiger partial charge in [0.25, 0.3) is 0 Å². The molecule has 84 valence electrons. The number of aromatic nitrogens is 2. The summed E-state index contributed by atoms with van der Waals surface area (Å²) in [5.41, 5.74) is 5.39. The average Bonchev–Trinajstić information content (AvgIpc) is 2.65. The van der Waals surface area contributed by atoms with Crippen LogP contribution in [-0.2, 0) is 9.84 Å². The molecular formula is C9H8FN3O2S. The Bertz CT molecular complexity index is 621. The van der Waals surface area contributed by atoms with Crippen molar-refractivity contribution in [1.82, 2.24) is 10.2 Å². The highest BCUT2D eigenvalue weighted by atomic mass is 32.2. The maximum atomic E-state index is 13.4. The van der Waals surface area contributed by atoms with Crippen LogP contribution in [-0.4, -0.2) is 18.6 Å². The second kappa shape index (κ2) is 3.60. The molecule has 0 spiro atoms. The Labute approximate surface area is 91.0 Å². The number of H-pyrrole nitrogens is 1. The summed E-state index contributed by atoms with van der Waals surface area (Å²) in [7, 11) is -3.95. The molecule has 0 radical (unpaired) electrons. The van der Waals surface area contributed by atoms with Crippen molar-refractivity contribution in [2.45, 2.75) is 9.79 Å². The van der Waals surface area contributed by atoms with Crippen LogP contribution in [0.1, 0.15) is 0 Å². The number of anilines is 1. The minimum Gasteiger partial charge on any atom is -0.383 e. The Hall–Kier alpha value is -1.89. The van der Waals surface area contributed by atoms with Gasteiger partial charge >= 0.3 is 0 Å². The molecule has 0 fully saturated rings. The largest absolute Gasteiger partial charge is 0.383 e. The lowest BCUT2D eigenvalue weighted by Crippen LogP contribution is -2.06. The van der Waals surface area contributed by atoms with Crippen molar-refractivity contribution in [2.24, 2.45) is 0 Å². The number of nitrogens with two attached hydrogens (primary N) is 1. The third-order valence-electron chi connectivity index (χ3n) is 2.05. The molecule has 1 heterocycles. The first-order chi connectivity index (χ1) is 7.53. The van der Waals surface area contributed by atoms with Gasteiger partial charge in [-0.15, -0.1) is 0 Å². The number of aromatic amines is 1. The third kappa shape index (κ3) is 1.54. The van der Waals surface area contributed by atoms with Crippen LogP contribution >= 0.6 is 0 Å². The Balaban J connectivity index is 2.66. The summed E-state index contributed by atoms with van der Waals surface area (Å²) in [4.78, 5) is -0.638. The number of nitrogen functional groups attached to an aromatic ring is 1. The van der Waals surface area contributed by atoms with Crippen LogP contribution in [0.2, 0.25) is 0 Å². The van der Waals surface area contributed by atoms with Crippen molar-refractivity contribution in [1.29, 1.82) is 0 Å². The fraction of sp³-hybridized carbons (Fsp3) is 0. The molecule has 1 aromatic heterocycles. The van der Waals surface area contributed by atoms with Gasteiger partial charge in [-0.3, -0.25) is 5.10 Å². The summed E-state index contributed by atoms with van der Waals surface area (Å²) in [5, 5.41) is 5.78. The van der Waals surface area contributed by atoms with Gasteiger partial charge in [-0.25, -0.2) is 12.8 Å². The molecule has 2 aromatic rings. The smallest absolute Gasteiger partial charge is 0.214 e. The summed E-state index contributed by atoms with van der Waals surface area (Å²) in [5.74, 6) is -0.925. The zero-order valence-electron chi connectivity index (χ0n) is 8.01. The number of benzene rings is 1. The molecule has 0 aliphatic heterocycles. The van der Waals surface area contributed by atoms with Gasteiger partial charge in [-0.2, -0.15) is 5.10 Å². The van der Waals surface area contributed by atoms with Crippen molar-refractivity contribution in [2.75, 3.05) is 5.73 Å². The number of hydrogen-bond acceptors (Lipinski definition) is 4. The Kier molecular flexibility index (Phi) is 2.39. The van der Waals surface area contributed by atoms with Gasteiger partial charge in [0.2, 0.25) is 9.84 Å². The van der Waals surface area contributed by atoms with Crippen LogP contribution < -0.4 is 5.73 Å². The second-order valence-electron chi connectivity index (χ2n) is 3.08. The van der Waals surface area contributed by atoms with E-state index in [9.17, 15) is 12.8 Å². The molecule has 0 saturated carbocycles. The standard InChI is InChI=1S/C9H8FN3O2S/c10-6-3-1-2-4-7(6)16(14,15)8-5-12-13-9(8)11/h1-5H,(H3,11,12,13). The molecule has 0 atom stereocenters. The van der Waals surface area contributed by atoms with Gasteiger partial charge in [0.05, 0.1) is 6.20 Å². The van der Waals surface area contributed by atoms with Gasteiger partial charge in [0.15, 0.2) is 0 Å². The zero-order valence-corrected chi connectivity index (χ0v) is 8.83. The number of hydrogen-bond donors (Lipinski definition) is 2. The monoisotopic (exact) mass is 241 g/mol. The normalized spacial score (nSPS) is 11.6. The van der Waals surface area contributed by atoms with Crippen LogP contribution in [0.5, 0.6) is 0 Å². The Morgan fingerprint density at radius 2 is 1.94 bits per heavy atom. The first-order valence-electron chi connectivity index (χ1n) is 4.32. The van der Waals surface area contributed by atoms with E-state index in [1.54, 1.807) is 0 Å². The SMILES string of the molecule is Nc1[nH]ncc1S(=O)(=O)c1ccccc1F. The molecule has 5 nitrogen and oxygen atoms in total. The minimum atomic E-state index is -3.95. The van der Waals surface area contributed by atoms with Gasteiger partial charge in [-0.1, -0.05) is 12.1 Å². The van der Waals surface area contributed by atoms with E-state index in [2.05, 4.69) is 10.2 Å². The van der Waals surface area contributed by atoms with Crippen LogP contribution in [0, 0.1) is 5.82 Å². The minimum absolute atomic E-state index is 0.108. The van der Waals surface area contributed by atoms with E-state index in [-0.39, 0.29) is 10.7 Å². The molecule has 7 heteroatoms. The molecular weight excluding hydrogens is 233 g/mol. The van der Waals surface area contributed by atoms with Gasteiger partial charge < -0.3 is 5.73 Å². The van der Waals surface area contributed by atoms with Crippen LogP contribution in [0.4, 0.5) is 10.2 Å². The maximum absolute atomic E-state index is 13.4. The van der Waals surface area contributed by atoms with E-state index in [0.29, 0.717) is 0 Å². The topological polar surface area (TPSA) is 88.8 Å². The predicted octanol–water partition coefficient (Wildman–Crippen LogP) is 0.964. The van der Waals surface area contributed by atoms with E-state index in [4.69, 9.17) is 5.73 Å². The van der Waals surface area contributed by atoms with Crippen LogP contribution in [0.15, 0.2) is 40.3 Å². The average molecular weight is 241 g/mol. The van der Waals surface area contributed by atoms with Crippen molar-refractivity contribution in [3.8, 4) is 0 Å². The number of rotatable bonds is 2. The Morgan fingerprint density at radius 3 is 2.50 bits per heavy atom. The summed E-state index contributed by atoms with van der Waals surface area (Å²) in [6.45, 7) is 0. The lowest BCUT2D eigenvalue weighted by Gasteiger charge is -2.03. The van der Waals surface area contributed by atoms with E-state index in [1.165, 1.54) is 18.2 Å². The van der Waals surface area contributed by atoms with Gasteiger partial charge in [0.1, 0.15) is 21.4 Å². The quantitative estimate of drug-likeness (QED) is 0.819. The first-order valence-corrected chi connectivity index (χ1v) is 5.80. The molecule has 0 unspecified atom stereocenters. The van der Waals surface area contributed by atoms with E-state index >= 15 is 0 Å². The highest BCUT2D eigenvalue weighted by Gasteiger charge is 2.24. The third-order valence-corrected chi connectivity index (χ3v) is 3.86. The summed E-state index contributed by atoms with van der Waals surface area (Å²) in [6, 6.07) is 5.10. The van der Waals surface area contributed by atoms with E-state index < -0.39 is 20.5 Å². The van der Waals surface area contributed by atoms with Gasteiger partial charge in [0, 0.05) is 0 Å². The molecule has 3 N–H and O–H groups in total. The second-order valence-corrected chi connectivity index (χ2v) is 4.97. The zero-order chi connectivity index (χ0) is 11.8. The predicted molar refractivity (Wildman–Crippen MR) is 54.9 cm³/mol. The highest BCUT2D eigenvalue weighted by molar-refractivity contribution is 7.91. The van der Waals surface area contributed by atoms with Gasteiger partial charge in [-0.05, 0) is 12.1 Å². The number of sulfone groups is 1. The molecule has 0 aliphatic carbocycles.